The predicted molar refractivity (Wildman–Crippen MR) is 228 cm³/mol. The van der Waals surface area contributed by atoms with E-state index in [1.54, 1.807) is 9.58 Å². The number of ether oxygens (including phenoxy) is 1. The Morgan fingerprint density at radius 2 is 1.55 bits per heavy atom. The van der Waals surface area contributed by atoms with Gasteiger partial charge in [0.2, 0.25) is 23.6 Å². The van der Waals surface area contributed by atoms with Crippen molar-refractivity contribution in [3.8, 4) is 22.5 Å². The van der Waals surface area contributed by atoms with Crippen molar-refractivity contribution in [2.75, 3.05) is 23.8 Å². The zero-order valence-electron chi connectivity index (χ0n) is 34.6. The minimum absolute atomic E-state index is 0.0128. The monoisotopic (exact) mass is 807 g/mol. The van der Waals surface area contributed by atoms with Crippen LogP contribution in [0.25, 0.3) is 22.5 Å². The highest BCUT2D eigenvalue weighted by Gasteiger charge is 2.31. The van der Waals surface area contributed by atoms with Gasteiger partial charge in [-0.05, 0) is 93.2 Å². The van der Waals surface area contributed by atoms with E-state index in [0.717, 1.165) is 41.0 Å². The van der Waals surface area contributed by atoms with E-state index in [1.165, 1.54) is 0 Å². The molecule has 0 fully saturated rings. The molecule has 4 amide bonds. The molecule has 3 aromatic rings. The van der Waals surface area contributed by atoms with Crippen LogP contribution in [-0.2, 0) is 37.0 Å². The SMILES string of the molecule is CCNC(=O)Cn1nnc2c1-c1ccccc1CN(C(=O)CCC(=O)NC(C)(C)CCOC(C)(C)CCSSC(C)(C)CCC(=O)NC(C)C)c1ccccc1-2. The summed E-state index contributed by atoms with van der Waals surface area (Å²) in [5.41, 5.74) is 3.56. The predicted octanol–water partition coefficient (Wildman–Crippen LogP) is 7.31. The molecule has 2 heterocycles. The molecule has 0 aliphatic carbocycles. The van der Waals surface area contributed by atoms with Gasteiger partial charge in [0.15, 0.2) is 0 Å². The number of aromatic nitrogens is 3. The van der Waals surface area contributed by atoms with E-state index in [2.05, 4.69) is 54.0 Å². The molecule has 1 aromatic heterocycles. The number of nitrogens with one attached hydrogen (secondary N) is 3. The van der Waals surface area contributed by atoms with E-state index < -0.39 is 5.54 Å². The minimum Gasteiger partial charge on any atom is -0.375 e. The van der Waals surface area contributed by atoms with Crippen LogP contribution in [-0.4, -0.2) is 79.5 Å². The summed E-state index contributed by atoms with van der Waals surface area (Å²) in [6.45, 7) is 19.6. The van der Waals surface area contributed by atoms with Gasteiger partial charge in [-0.2, -0.15) is 0 Å². The van der Waals surface area contributed by atoms with E-state index in [-0.39, 0.29) is 65.9 Å². The van der Waals surface area contributed by atoms with Gasteiger partial charge in [0.1, 0.15) is 12.2 Å². The first-order valence-corrected chi connectivity index (χ1v) is 22.0. The molecule has 0 radical (unpaired) electrons. The molecule has 1 aliphatic heterocycles. The summed E-state index contributed by atoms with van der Waals surface area (Å²) in [5.74, 6) is 0.474. The van der Waals surface area contributed by atoms with E-state index >= 15 is 0 Å². The van der Waals surface area contributed by atoms with Gasteiger partial charge in [-0.3, -0.25) is 19.2 Å². The van der Waals surface area contributed by atoms with Gasteiger partial charge in [-0.1, -0.05) is 69.3 Å². The lowest BCUT2D eigenvalue weighted by atomic mass is 9.95. The van der Waals surface area contributed by atoms with Gasteiger partial charge >= 0.3 is 0 Å². The second-order valence-electron chi connectivity index (χ2n) is 16.5. The Kier molecular flexibility index (Phi) is 16.0. The molecule has 56 heavy (non-hydrogen) atoms. The van der Waals surface area contributed by atoms with E-state index in [0.29, 0.717) is 37.4 Å². The molecule has 0 atom stereocenters. The molecular weight excluding hydrogens is 747 g/mol. The highest BCUT2D eigenvalue weighted by molar-refractivity contribution is 8.77. The smallest absolute Gasteiger partial charge is 0.241 e. The van der Waals surface area contributed by atoms with E-state index in [9.17, 15) is 19.2 Å². The fourth-order valence-electron chi connectivity index (χ4n) is 6.39. The first-order chi connectivity index (χ1) is 26.4. The molecule has 306 valence electrons. The van der Waals surface area contributed by atoms with E-state index in [4.69, 9.17) is 4.74 Å². The molecule has 1 aliphatic rings. The average Bonchev–Trinajstić information content (AvgIpc) is 3.51. The molecule has 0 bridgehead atoms. The van der Waals surface area contributed by atoms with Gasteiger partial charge in [0.05, 0.1) is 23.5 Å². The number of rotatable bonds is 20. The summed E-state index contributed by atoms with van der Waals surface area (Å²) < 4.78 is 7.90. The first kappa shape index (κ1) is 44.8. The number of amides is 4. The lowest BCUT2D eigenvalue weighted by Crippen LogP contribution is -2.45. The third-order valence-corrected chi connectivity index (χ3v) is 12.8. The van der Waals surface area contributed by atoms with Gasteiger partial charge in [-0.15, -0.1) is 5.10 Å². The van der Waals surface area contributed by atoms with Crippen LogP contribution in [0.15, 0.2) is 48.5 Å². The molecule has 0 saturated carbocycles. The molecular formula is C42H61N7O5S2. The summed E-state index contributed by atoms with van der Waals surface area (Å²) in [6.07, 6.45) is 2.87. The molecule has 3 N–H and O–H groups in total. The van der Waals surface area contributed by atoms with Crippen molar-refractivity contribution in [1.29, 1.82) is 0 Å². The van der Waals surface area contributed by atoms with Crippen LogP contribution in [0, 0.1) is 0 Å². The summed E-state index contributed by atoms with van der Waals surface area (Å²) in [5, 5.41) is 17.8. The molecule has 4 rings (SSSR count). The second-order valence-corrected chi connectivity index (χ2v) is 19.6. The molecule has 12 nitrogen and oxygen atoms in total. The second kappa shape index (κ2) is 20.0. The van der Waals surface area contributed by atoms with Crippen LogP contribution in [0.4, 0.5) is 5.69 Å². The number of nitrogens with zero attached hydrogens (tertiary/aromatic N) is 4. The van der Waals surface area contributed by atoms with Crippen molar-refractivity contribution in [3.05, 3.63) is 54.1 Å². The van der Waals surface area contributed by atoms with Crippen LogP contribution in [0.1, 0.15) is 106 Å². The number of anilines is 1. The number of hydrogen-bond donors (Lipinski definition) is 3. The van der Waals surface area contributed by atoms with Crippen molar-refractivity contribution < 1.29 is 23.9 Å². The molecule has 2 aromatic carbocycles. The maximum Gasteiger partial charge on any atom is 0.241 e. The highest BCUT2D eigenvalue weighted by Crippen LogP contribution is 2.42. The summed E-state index contributed by atoms with van der Waals surface area (Å²) in [6, 6.07) is 15.5. The maximum absolute atomic E-state index is 14.0. The average molecular weight is 808 g/mol. The van der Waals surface area contributed by atoms with Crippen LogP contribution in [0.5, 0.6) is 0 Å². The summed E-state index contributed by atoms with van der Waals surface area (Å²) >= 11 is 0. The topological polar surface area (TPSA) is 148 Å². The lowest BCUT2D eigenvalue weighted by molar-refractivity contribution is -0.126. The van der Waals surface area contributed by atoms with Crippen molar-refractivity contribution in [3.63, 3.8) is 0 Å². The quantitative estimate of drug-likeness (QED) is 0.0790. The lowest BCUT2D eigenvalue weighted by Gasteiger charge is -2.31. The molecule has 0 saturated heterocycles. The number of carbonyl (C=O) groups is 4. The summed E-state index contributed by atoms with van der Waals surface area (Å²) in [7, 11) is 3.63. The zero-order valence-corrected chi connectivity index (χ0v) is 36.3. The van der Waals surface area contributed by atoms with E-state index in [1.807, 2.05) is 105 Å². The number of fused-ring (bicyclic) bond motifs is 5. The Hall–Kier alpha value is -3.88. The van der Waals surface area contributed by atoms with Gasteiger partial charge in [0.25, 0.3) is 0 Å². The normalized spacial score (nSPS) is 12.9. The number of para-hydroxylation sites is 1. The third-order valence-electron chi connectivity index (χ3n) is 9.49. The molecule has 0 unspecified atom stereocenters. The first-order valence-electron chi connectivity index (χ1n) is 19.6. The maximum atomic E-state index is 14.0. The number of carbonyl (C=O) groups excluding carboxylic acids is 4. The number of likely N-dealkylation sites (N-methyl/N-ethyl adjacent to an activating group) is 1. The number of benzene rings is 2. The Balaban J connectivity index is 1.30. The molecule has 14 heteroatoms. The Labute approximate surface area is 340 Å². The Bertz CT molecular complexity index is 1820. The van der Waals surface area contributed by atoms with Crippen LogP contribution in [0.2, 0.25) is 0 Å². The van der Waals surface area contributed by atoms with Gasteiger partial charge in [-0.25, -0.2) is 4.68 Å². The fraction of sp³-hybridized carbons (Fsp3) is 0.571. The van der Waals surface area contributed by atoms with Gasteiger partial charge < -0.3 is 25.6 Å². The van der Waals surface area contributed by atoms with Crippen molar-refractivity contribution in [2.45, 2.75) is 136 Å². The highest BCUT2D eigenvalue weighted by atomic mass is 33.1. The van der Waals surface area contributed by atoms with Crippen LogP contribution >= 0.6 is 21.6 Å². The standard InChI is InChI=1S/C42H61N7O5S2/c1-10-43-36(52)28-49-39-31-16-12-11-15-30(31)27-48(33-18-14-13-17-32(33)38(39)46-47-49)37(53)20-19-35(51)45-40(4,5)23-25-54-41(6,7)24-26-55-56-42(8,9)22-21-34(50)44-29(2)3/h11-18,29H,10,19-28H2,1-9H3,(H,43,52)(H,44,50)(H,45,51). The van der Waals surface area contributed by atoms with Crippen LogP contribution < -0.4 is 20.9 Å². The minimum atomic E-state index is -0.533. The largest absolute Gasteiger partial charge is 0.375 e. The van der Waals surface area contributed by atoms with Crippen molar-refractivity contribution in [1.82, 2.24) is 30.9 Å². The Morgan fingerprint density at radius 1 is 0.857 bits per heavy atom. The van der Waals surface area contributed by atoms with Crippen LogP contribution in [0.3, 0.4) is 0 Å². The fourth-order valence-corrected chi connectivity index (χ4v) is 9.26. The Morgan fingerprint density at radius 3 is 2.27 bits per heavy atom. The number of hydrogen-bond acceptors (Lipinski definition) is 9. The molecule has 0 spiro atoms. The zero-order chi connectivity index (χ0) is 41.1. The van der Waals surface area contributed by atoms with Crippen molar-refractivity contribution >= 4 is 50.9 Å². The van der Waals surface area contributed by atoms with Crippen molar-refractivity contribution in [2.24, 2.45) is 0 Å². The van der Waals surface area contributed by atoms with Gasteiger partial charge in [0, 0.05) is 65.6 Å². The summed E-state index contributed by atoms with van der Waals surface area (Å²) in [4.78, 5) is 53.6. The third kappa shape index (κ3) is 13.4.